The molecule has 164 valence electrons. The molecule has 0 atom stereocenters. The smallest absolute Gasteiger partial charge is 0.230 e. The van der Waals surface area contributed by atoms with E-state index in [4.69, 9.17) is 18.7 Å². The lowest BCUT2D eigenvalue weighted by molar-refractivity contribution is -0.115. The molecular weight excluding hydrogens is 412 g/mol. The molecule has 0 aliphatic heterocycles. The molecule has 0 saturated carbocycles. The number of anilines is 1. The Balaban J connectivity index is 1.54. The predicted molar refractivity (Wildman–Crippen MR) is 117 cm³/mol. The fraction of sp³-hybridized carbons (Fsp3) is 0.217. The Morgan fingerprint density at radius 3 is 2.62 bits per heavy atom. The average Bonchev–Trinajstić information content (AvgIpc) is 3.12. The fourth-order valence-electron chi connectivity index (χ4n) is 3.15. The van der Waals surface area contributed by atoms with Gasteiger partial charge in [0.25, 0.3) is 0 Å². The van der Waals surface area contributed by atoms with Gasteiger partial charge in [0.2, 0.25) is 11.8 Å². The number of pyridine rings is 2. The summed E-state index contributed by atoms with van der Waals surface area (Å²) >= 11 is 0. The van der Waals surface area contributed by atoms with Crippen molar-refractivity contribution in [2.45, 2.75) is 20.3 Å². The highest BCUT2D eigenvalue weighted by molar-refractivity contribution is 5.92. The molecule has 4 rings (SSSR count). The number of nitrogens with one attached hydrogen (secondary N) is 1. The molecule has 9 nitrogen and oxygen atoms in total. The van der Waals surface area contributed by atoms with E-state index in [9.17, 15) is 4.79 Å². The fourth-order valence-corrected chi connectivity index (χ4v) is 3.15. The quantitative estimate of drug-likeness (QED) is 0.460. The van der Waals surface area contributed by atoms with Gasteiger partial charge in [-0.05, 0) is 26.0 Å². The summed E-state index contributed by atoms with van der Waals surface area (Å²) in [5.41, 5.74) is 2.19. The number of aryl methyl sites for hydroxylation is 1. The van der Waals surface area contributed by atoms with Crippen LogP contribution in [0.2, 0.25) is 0 Å². The van der Waals surface area contributed by atoms with Crippen molar-refractivity contribution in [2.24, 2.45) is 0 Å². The van der Waals surface area contributed by atoms with Gasteiger partial charge in [0.05, 0.1) is 32.4 Å². The van der Waals surface area contributed by atoms with Crippen LogP contribution in [0.1, 0.15) is 16.9 Å². The normalized spacial score (nSPS) is 10.8. The molecule has 4 aromatic rings. The van der Waals surface area contributed by atoms with Crippen LogP contribution in [0.3, 0.4) is 0 Å². The Morgan fingerprint density at radius 1 is 1.06 bits per heavy atom. The van der Waals surface area contributed by atoms with E-state index in [0.717, 1.165) is 10.9 Å². The van der Waals surface area contributed by atoms with Crippen LogP contribution in [0.25, 0.3) is 10.9 Å². The van der Waals surface area contributed by atoms with Crippen LogP contribution >= 0.6 is 0 Å². The summed E-state index contributed by atoms with van der Waals surface area (Å²) in [5, 5.41) is 7.39. The topological polar surface area (TPSA) is 109 Å². The molecule has 0 bridgehead atoms. The molecular formula is C23H22N4O5. The van der Waals surface area contributed by atoms with Gasteiger partial charge >= 0.3 is 0 Å². The average molecular weight is 434 g/mol. The van der Waals surface area contributed by atoms with Crippen molar-refractivity contribution in [1.29, 1.82) is 0 Å². The minimum absolute atomic E-state index is 0.107. The highest BCUT2D eigenvalue weighted by Crippen LogP contribution is 2.33. The van der Waals surface area contributed by atoms with Crippen LogP contribution in [0.5, 0.6) is 23.1 Å². The van der Waals surface area contributed by atoms with Crippen LogP contribution in [0.15, 0.2) is 47.2 Å². The summed E-state index contributed by atoms with van der Waals surface area (Å²) in [6.45, 7) is 3.63. The summed E-state index contributed by atoms with van der Waals surface area (Å²) in [7, 11) is 3.10. The van der Waals surface area contributed by atoms with E-state index < -0.39 is 0 Å². The van der Waals surface area contributed by atoms with E-state index in [-0.39, 0.29) is 12.3 Å². The maximum atomic E-state index is 12.5. The van der Waals surface area contributed by atoms with Gasteiger partial charge in [-0.1, -0.05) is 11.2 Å². The first-order valence-corrected chi connectivity index (χ1v) is 9.84. The zero-order valence-corrected chi connectivity index (χ0v) is 18.1. The van der Waals surface area contributed by atoms with Gasteiger partial charge < -0.3 is 24.1 Å². The van der Waals surface area contributed by atoms with Gasteiger partial charge in [0.15, 0.2) is 5.82 Å². The Hall–Kier alpha value is -4.14. The van der Waals surface area contributed by atoms with E-state index in [1.165, 1.54) is 0 Å². The highest BCUT2D eigenvalue weighted by atomic mass is 16.5. The number of rotatable bonds is 7. The van der Waals surface area contributed by atoms with Gasteiger partial charge in [-0.15, -0.1) is 0 Å². The molecule has 1 amide bonds. The minimum Gasteiger partial charge on any atom is -0.496 e. The molecule has 3 heterocycles. The maximum absolute atomic E-state index is 12.5. The van der Waals surface area contributed by atoms with Crippen molar-refractivity contribution in [3.63, 3.8) is 0 Å². The lowest BCUT2D eigenvalue weighted by Crippen LogP contribution is -2.15. The number of carbonyl (C=O) groups excluding carboxylic acids is 1. The zero-order valence-electron chi connectivity index (χ0n) is 18.1. The molecule has 1 N–H and O–H groups in total. The number of nitrogens with zero attached hydrogens (tertiary/aromatic N) is 3. The largest absolute Gasteiger partial charge is 0.496 e. The lowest BCUT2D eigenvalue weighted by Gasteiger charge is -2.13. The van der Waals surface area contributed by atoms with Crippen molar-refractivity contribution in [3.8, 4) is 23.1 Å². The number of benzene rings is 1. The van der Waals surface area contributed by atoms with Crippen LogP contribution in [0, 0.1) is 13.8 Å². The second-order valence-electron chi connectivity index (χ2n) is 7.07. The van der Waals surface area contributed by atoms with Crippen LogP contribution in [-0.4, -0.2) is 35.3 Å². The lowest BCUT2D eigenvalue weighted by atomic mass is 10.1. The molecule has 1 aromatic carbocycles. The molecule has 0 aliphatic carbocycles. The van der Waals surface area contributed by atoms with E-state index in [0.29, 0.717) is 45.8 Å². The summed E-state index contributed by atoms with van der Waals surface area (Å²) in [6, 6.07) is 8.83. The summed E-state index contributed by atoms with van der Waals surface area (Å²) in [4.78, 5) is 21.0. The molecule has 0 saturated heterocycles. The SMILES string of the molecule is COc1cc2c(Oc3ccc(CC(=O)Nc4noc(C)c4C)c(OC)c3)ccnc2cn1. The summed E-state index contributed by atoms with van der Waals surface area (Å²) in [6.07, 6.45) is 3.38. The number of ether oxygens (including phenoxy) is 3. The van der Waals surface area contributed by atoms with E-state index in [2.05, 4.69) is 20.4 Å². The Bertz CT molecular complexity index is 1280. The van der Waals surface area contributed by atoms with Crippen molar-refractivity contribution in [2.75, 3.05) is 19.5 Å². The molecule has 9 heteroatoms. The first-order valence-electron chi connectivity index (χ1n) is 9.84. The van der Waals surface area contributed by atoms with Gasteiger partial charge in [-0.2, -0.15) is 0 Å². The van der Waals surface area contributed by atoms with E-state index in [1.807, 2.05) is 6.92 Å². The van der Waals surface area contributed by atoms with Gasteiger partial charge in [-0.25, -0.2) is 4.98 Å². The Labute approximate surface area is 184 Å². The number of fused-ring (bicyclic) bond motifs is 1. The monoisotopic (exact) mass is 434 g/mol. The third-order valence-corrected chi connectivity index (χ3v) is 5.02. The van der Waals surface area contributed by atoms with E-state index >= 15 is 0 Å². The number of carbonyl (C=O) groups is 1. The second kappa shape index (κ2) is 8.93. The molecule has 0 radical (unpaired) electrons. The standard InChI is InChI=1S/C23H22N4O5/c1-13-14(2)32-27-23(13)26-21(28)9-15-5-6-16(10-20(15)29-3)31-19-7-8-24-18-12-25-22(30-4)11-17(18)19/h5-8,10-12H,9H2,1-4H3,(H,26,27,28). The second-order valence-corrected chi connectivity index (χ2v) is 7.07. The Morgan fingerprint density at radius 2 is 1.91 bits per heavy atom. The minimum atomic E-state index is -0.229. The number of hydrogen-bond acceptors (Lipinski definition) is 8. The van der Waals surface area contributed by atoms with Crippen molar-refractivity contribution >= 4 is 22.6 Å². The van der Waals surface area contributed by atoms with Crippen molar-refractivity contribution in [3.05, 3.63) is 59.6 Å². The molecule has 3 aromatic heterocycles. The molecule has 0 aliphatic rings. The van der Waals surface area contributed by atoms with Crippen LogP contribution < -0.4 is 19.5 Å². The number of amides is 1. The van der Waals surface area contributed by atoms with Crippen LogP contribution in [0.4, 0.5) is 5.82 Å². The van der Waals surface area contributed by atoms with Crippen LogP contribution in [-0.2, 0) is 11.2 Å². The first-order chi connectivity index (χ1) is 15.5. The third kappa shape index (κ3) is 4.31. The first kappa shape index (κ1) is 21.1. The highest BCUT2D eigenvalue weighted by Gasteiger charge is 2.15. The summed E-state index contributed by atoms with van der Waals surface area (Å²) in [5.74, 6) is 3.00. The van der Waals surface area contributed by atoms with E-state index in [1.54, 1.807) is 63.9 Å². The number of methoxy groups -OCH3 is 2. The van der Waals surface area contributed by atoms with Crippen molar-refractivity contribution in [1.82, 2.24) is 15.1 Å². The number of aromatic nitrogens is 3. The molecule has 0 spiro atoms. The predicted octanol–water partition coefficient (Wildman–Crippen LogP) is 4.23. The zero-order chi connectivity index (χ0) is 22.7. The third-order valence-electron chi connectivity index (χ3n) is 5.02. The van der Waals surface area contributed by atoms with Crippen molar-refractivity contribution < 1.29 is 23.5 Å². The molecule has 0 unspecified atom stereocenters. The van der Waals surface area contributed by atoms with Gasteiger partial charge in [-0.3, -0.25) is 9.78 Å². The van der Waals surface area contributed by atoms with Gasteiger partial charge in [0, 0.05) is 34.8 Å². The van der Waals surface area contributed by atoms with Gasteiger partial charge in [0.1, 0.15) is 23.0 Å². The summed E-state index contributed by atoms with van der Waals surface area (Å²) < 4.78 is 21.9. The Kier molecular flexibility index (Phi) is 5.89. The maximum Gasteiger partial charge on any atom is 0.230 e. The number of hydrogen-bond donors (Lipinski definition) is 1. The molecule has 0 fully saturated rings. The molecule has 32 heavy (non-hydrogen) atoms.